The fourth-order valence-corrected chi connectivity index (χ4v) is 5.22. The van der Waals surface area contributed by atoms with E-state index in [2.05, 4.69) is 0 Å². The number of hydrogen-bond acceptors (Lipinski definition) is 4. The first-order valence-electron chi connectivity index (χ1n) is 10.2. The molecule has 1 saturated heterocycles. The van der Waals surface area contributed by atoms with E-state index in [9.17, 15) is 8.42 Å². The van der Waals surface area contributed by atoms with Crippen molar-refractivity contribution in [1.82, 2.24) is 14.3 Å². The summed E-state index contributed by atoms with van der Waals surface area (Å²) in [6.07, 6.45) is 3.28. The van der Waals surface area contributed by atoms with Gasteiger partial charge in [-0.05, 0) is 44.0 Å². The summed E-state index contributed by atoms with van der Waals surface area (Å²) >= 11 is 12.1. The first kappa shape index (κ1) is 22.2. The summed E-state index contributed by atoms with van der Waals surface area (Å²) in [7, 11) is -3.15. The zero-order chi connectivity index (χ0) is 22.0. The van der Waals surface area contributed by atoms with Crippen LogP contribution in [0.15, 0.2) is 54.7 Å². The van der Waals surface area contributed by atoms with Crippen LogP contribution in [0.25, 0.3) is 22.5 Å². The van der Waals surface area contributed by atoms with E-state index < -0.39 is 10.0 Å². The highest BCUT2D eigenvalue weighted by molar-refractivity contribution is 7.89. The molecule has 0 N–H and O–H groups in total. The summed E-state index contributed by atoms with van der Waals surface area (Å²) in [6.45, 7) is 2.70. The Balaban J connectivity index is 1.69. The van der Waals surface area contributed by atoms with Gasteiger partial charge in [0.05, 0.1) is 22.8 Å². The van der Waals surface area contributed by atoms with Crippen LogP contribution in [-0.2, 0) is 10.0 Å². The number of hydrogen-bond donors (Lipinski definition) is 0. The molecular formula is C23H23Cl2N3O2S. The predicted octanol–water partition coefficient (Wildman–Crippen LogP) is 5.65. The molecular weight excluding hydrogens is 453 g/mol. The molecule has 0 aliphatic carbocycles. The highest BCUT2D eigenvalue weighted by Gasteiger charge is 2.28. The fraction of sp³-hybridized carbons (Fsp3) is 0.304. The standard InChI is InChI=1S/C23H23Cl2N3O2S/c1-2-31(29,30)28-13-11-16(12-14-28)21-15-26-22(17-3-7-19(24)8-4-17)23(27-21)18-5-9-20(25)10-6-18/h3-10,15-16H,2,11-14H2,1H3. The molecule has 1 aromatic heterocycles. The maximum absolute atomic E-state index is 12.2. The molecule has 0 unspecified atom stereocenters. The van der Waals surface area contributed by atoms with Gasteiger partial charge in [0.2, 0.25) is 10.0 Å². The zero-order valence-corrected chi connectivity index (χ0v) is 19.5. The maximum Gasteiger partial charge on any atom is 0.213 e. The number of benzene rings is 2. The summed E-state index contributed by atoms with van der Waals surface area (Å²) in [6, 6.07) is 15.1. The summed E-state index contributed by atoms with van der Waals surface area (Å²) < 4.78 is 25.9. The second-order valence-corrected chi connectivity index (χ2v) is 10.7. The van der Waals surface area contributed by atoms with Crippen molar-refractivity contribution in [2.45, 2.75) is 25.7 Å². The number of sulfonamides is 1. The van der Waals surface area contributed by atoms with Gasteiger partial charge < -0.3 is 0 Å². The second kappa shape index (κ2) is 9.25. The third-order valence-corrected chi connectivity index (χ3v) is 8.04. The highest BCUT2D eigenvalue weighted by atomic mass is 35.5. The van der Waals surface area contributed by atoms with Gasteiger partial charge in [0, 0.05) is 46.4 Å². The van der Waals surface area contributed by atoms with Crippen LogP contribution in [0.5, 0.6) is 0 Å². The van der Waals surface area contributed by atoms with E-state index in [4.69, 9.17) is 33.2 Å². The lowest BCUT2D eigenvalue weighted by Crippen LogP contribution is -2.38. The fourth-order valence-electron chi connectivity index (χ4n) is 3.84. The number of halogens is 2. The number of piperidine rings is 1. The Bertz CT molecular complexity index is 1160. The van der Waals surface area contributed by atoms with Crippen LogP contribution in [0.1, 0.15) is 31.4 Å². The van der Waals surface area contributed by atoms with Crippen LogP contribution in [0, 0.1) is 0 Å². The lowest BCUT2D eigenvalue weighted by atomic mass is 9.94. The van der Waals surface area contributed by atoms with Crippen molar-refractivity contribution in [3.63, 3.8) is 0 Å². The average molecular weight is 476 g/mol. The molecule has 3 aromatic rings. The molecule has 31 heavy (non-hydrogen) atoms. The van der Waals surface area contributed by atoms with Crippen LogP contribution in [0.4, 0.5) is 0 Å². The minimum atomic E-state index is -3.15. The Kier molecular flexibility index (Phi) is 6.63. The number of rotatable bonds is 5. The Labute approximate surface area is 193 Å². The summed E-state index contributed by atoms with van der Waals surface area (Å²) in [5.74, 6) is 0.301. The van der Waals surface area contributed by atoms with Crippen LogP contribution >= 0.6 is 23.2 Å². The van der Waals surface area contributed by atoms with Crippen molar-refractivity contribution in [2.24, 2.45) is 0 Å². The molecule has 2 heterocycles. The Hall–Kier alpha value is -1.99. The molecule has 0 bridgehead atoms. The average Bonchev–Trinajstić information content (AvgIpc) is 2.80. The van der Waals surface area contributed by atoms with Gasteiger partial charge in [0.1, 0.15) is 0 Å². The molecule has 0 amide bonds. The third kappa shape index (κ3) is 4.93. The first-order valence-corrected chi connectivity index (χ1v) is 12.6. The highest BCUT2D eigenvalue weighted by Crippen LogP contribution is 2.34. The van der Waals surface area contributed by atoms with Crippen molar-refractivity contribution in [3.05, 3.63) is 70.5 Å². The van der Waals surface area contributed by atoms with Crippen LogP contribution in [0.2, 0.25) is 10.0 Å². The third-order valence-electron chi connectivity index (χ3n) is 5.66. The molecule has 162 valence electrons. The van der Waals surface area contributed by atoms with E-state index in [1.807, 2.05) is 54.7 Å². The molecule has 8 heteroatoms. The second-order valence-electron chi connectivity index (χ2n) is 7.58. The van der Waals surface area contributed by atoms with E-state index in [0.29, 0.717) is 23.1 Å². The molecule has 0 atom stereocenters. The summed E-state index contributed by atoms with van der Waals surface area (Å²) in [5, 5.41) is 1.32. The quantitative estimate of drug-likeness (QED) is 0.478. The monoisotopic (exact) mass is 475 g/mol. The molecule has 0 spiro atoms. The smallest absolute Gasteiger partial charge is 0.213 e. The van der Waals surface area contributed by atoms with Crippen LogP contribution in [-0.4, -0.2) is 41.5 Å². The van der Waals surface area contributed by atoms with Gasteiger partial charge in [-0.25, -0.2) is 17.7 Å². The van der Waals surface area contributed by atoms with Crippen LogP contribution in [0.3, 0.4) is 0 Å². The minimum Gasteiger partial charge on any atom is -0.252 e. The molecule has 1 fully saturated rings. The predicted molar refractivity (Wildman–Crippen MR) is 126 cm³/mol. The lowest BCUT2D eigenvalue weighted by molar-refractivity contribution is 0.317. The topological polar surface area (TPSA) is 63.2 Å². The summed E-state index contributed by atoms with van der Waals surface area (Å²) in [5.41, 5.74) is 4.29. The number of aromatic nitrogens is 2. The van der Waals surface area contributed by atoms with E-state index in [-0.39, 0.29) is 11.7 Å². The maximum atomic E-state index is 12.2. The Morgan fingerprint density at radius 1 is 0.903 bits per heavy atom. The first-order chi connectivity index (χ1) is 14.9. The van der Waals surface area contributed by atoms with E-state index >= 15 is 0 Å². The molecule has 0 saturated carbocycles. The van der Waals surface area contributed by atoms with Gasteiger partial charge in [0.25, 0.3) is 0 Å². The van der Waals surface area contributed by atoms with Gasteiger partial charge in [-0.15, -0.1) is 0 Å². The molecule has 2 aromatic carbocycles. The molecule has 1 aliphatic heterocycles. The van der Waals surface area contributed by atoms with Gasteiger partial charge in [0.15, 0.2) is 0 Å². The molecule has 4 rings (SSSR count). The van der Waals surface area contributed by atoms with Gasteiger partial charge >= 0.3 is 0 Å². The van der Waals surface area contributed by atoms with Crippen molar-refractivity contribution in [3.8, 4) is 22.5 Å². The van der Waals surface area contributed by atoms with E-state index in [0.717, 1.165) is 41.1 Å². The van der Waals surface area contributed by atoms with E-state index in [1.54, 1.807) is 11.2 Å². The van der Waals surface area contributed by atoms with Crippen molar-refractivity contribution < 1.29 is 8.42 Å². The van der Waals surface area contributed by atoms with Gasteiger partial charge in [-0.3, -0.25) is 4.98 Å². The lowest BCUT2D eigenvalue weighted by Gasteiger charge is -2.30. The SMILES string of the molecule is CCS(=O)(=O)N1CCC(c2cnc(-c3ccc(Cl)cc3)c(-c3ccc(Cl)cc3)n2)CC1. The molecule has 1 aliphatic rings. The van der Waals surface area contributed by atoms with Crippen molar-refractivity contribution in [2.75, 3.05) is 18.8 Å². The normalized spacial score (nSPS) is 15.8. The largest absolute Gasteiger partial charge is 0.252 e. The molecule has 5 nitrogen and oxygen atoms in total. The van der Waals surface area contributed by atoms with Gasteiger partial charge in [-0.2, -0.15) is 0 Å². The van der Waals surface area contributed by atoms with Crippen molar-refractivity contribution in [1.29, 1.82) is 0 Å². The van der Waals surface area contributed by atoms with Crippen LogP contribution < -0.4 is 0 Å². The minimum absolute atomic E-state index is 0.133. The number of nitrogens with zero attached hydrogens (tertiary/aromatic N) is 3. The zero-order valence-electron chi connectivity index (χ0n) is 17.1. The van der Waals surface area contributed by atoms with Gasteiger partial charge in [-0.1, -0.05) is 47.5 Å². The summed E-state index contributed by atoms with van der Waals surface area (Å²) in [4.78, 5) is 9.76. The van der Waals surface area contributed by atoms with E-state index in [1.165, 1.54) is 0 Å². The molecule has 0 radical (unpaired) electrons. The Morgan fingerprint density at radius 3 is 1.94 bits per heavy atom. The van der Waals surface area contributed by atoms with Crippen molar-refractivity contribution >= 4 is 33.2 Å². The Morgan fingerprint density at radius 2 is 1.42 bits per heavy atom.